The van der Waals surface area contributed by atoms with Crippen LogP contribution in [0.25, 0.3) is 55.6 Å². The van der Waals surface area contributed by atoms with Gasteiger partial charge in [0.25, 0.3) is 0 Å². The van der Waals surface area contributed by atoms with E-state index in [9.17, 15) is 0 Å². The number of ether oxygens (including phenoxy) is 1. The van der Waals surface area contributed by atoms with Crippen molar-refractivity contribution in [3.63, 3.8) is 0 Å². The summed E-state index contributed by atoms with van der Waals surface area (Å²) in [7, 11) is 0. The molecule has 0 atom stereocenters. The van der Waals surface area contributed by atoms with Crippen molar-refractivity contribution < 1.29 is 4.74 Å². The molecule has 10 rings (SSSR count). The van der Waals surface area contributed by atoms with Crippen LogP contribution < -0.4 is 9.64 Å². The quantitative estimate of drug-likeness (QED) is 0.145. The molecule has 2 nitrogen and oxygen atoms in total. The lowest BCUT2D eigenvalue weighted by Crippen LogP contribution is -2.16. The second-order valence-corrected chi connectivity index (χ2v) is 15.8. The van der Waals surface area contributed by atoms with E-state index in [1.54, 1.807) is 0 Å². The lowest BCUT2D eigenvalue weighted by molar-refractivity contribution is 0.484. The minimum Gasteiger partial charge on any atom is -0.457 e. The zero-order valence-corrected chi connectivity index (χ0v) is 33.2. The molecule has 0 saturated carbocycles. The van der Waals surface area contributed by atoms with E-state index in [1.807, 2.05) is 36.4 Å². The van der Waals surface area contributed by atoms with E-state index in [-0.39, 0.29) is 5.41 Å². The highest BCUT2D eigenvalue weighted by Crippen LogP contribution is 2.52. The van der Waals surface area contributed by atoms with Crippen LogP contribution in [0, 0.1) is 0 Å². The van der Waals surface area contributed by atoms with E-state index in [4.69, 9.17) is 4.74 Å². The van der Waals surface area contributed by atoms with E-state index in [0.717, 1.165) is 39.7 Å². The molecule has 9 aromatic rings. The number of fused-ring (bicyclic) bond motifs is 3. The summed E-state index contributed by atoms with van der Waals surface area (Å²) in [5.74, 6) is 1.67. The van der Waals surface area contributed by atoms with E-state index >= 15 is 0 Å². The fourth-order valence-corrected chi connectivity index (χ4v) is 8.66. The summed E-state index contributed by atoms with van der Waals surface area (Å²) < 4.78 is 6.41. The second kappa shape index (κ2) is 15.2. The van der Waals surface area contributed by atoms with Crippen molar-refractivity contribution in [2.45, 2.75) is 19.3 Å². The molecule has 0 unspecified atom stereocenters. The lowest BCUT2D eigenvalue weighted by Gasteiger charge is -2.28. The number of hydrogen-bond donors (Lipinski definition) is 0. The summed E-state index contributed by atoms with van der Waals surface area (Å²) in [6.07, 6.45) is 0. The van der Waals surface area contributed by atoms with Crippen LogP contribution in [0.2, 0.25) is 0 Å². The Morgan fingerprint density at radius 2 is 0.797 bits per heavy atom. The fraction of sp³-hybridized carbons (Fsp3) is 0.0526. The van der Waals surface area contributed by atoms with Crippen molar-refractivity contribution in [2.75, 3.05) is 4.90 Å². The van der Waals surface area contributed by atoms with Crippen molar-refractivity contribution in [1.29, 1.82) is 0 Å². The number of benzene rings is 9. The highest BCUT2D eigenvalue weighted by Gasteiger charge is 2.36. The third-order valence-electron chi connectivity index (χ3n) is 11.7. The van der Waals surface area contributed by atoms with Crippen molar-refractivity contribution in [3.8, 4) is 67.1 Å². The molecule has 59 heavy (non-hydrogen) atoms. The molecule has 2 heteroatoms. The van der Waals surface area contributed by atoms with Crippen LogP contribution in [0.15, 0.2) is 224 Å². The maximum atomic E-state index is 6.41. The van der Waals surface area contributed by atoms with Crippen LogP contribution in [0.5, 0.6) is 11.5 Å². The summed E-state index contributed by atoms with van der Waals surface area (Å²) in [5.41, 5.74) is 17.7. The molecule has 0 radical (unpaired) electrons. The van der Waals surface area contributed by atoms with Gasteiger partial charge in [0, 0.05) is 28.0 Å². The molecule has 9 aromatic carbocycles. The third-order valence-corrected chi connectivity index (χ3v) is 11.7. The van der Waals surface area contributed by atoms with Gasteiger partial charge < -0.3 is 9.64 Å². The topological polar surface area (TPSA) is 12.5 Å². The Labute approximate surface area is 347 Å². The van der Waals surface area contributed by atoms with Crippen molar-refractivity contribution in [1.82, 2.24) is 0 Å². The van der Waals surface area contributed by atoms with Crippen LogP contribution in [0.4, 0.5) is 17.1 Å². The summed E-state index contributed by atoms with van der Waals surface area (Å²) in [6.45, 7) is 4.71. The Morgan fingerprint density at radius 1 is 0.322 bits per heavy atom. The van der Waals surface area contributed by atoms with Gasteiger partial charge in [-0.25, -0.2) is 0 Å². The monoisotopic (exact) mass is 757 g/mol. The molecule has 1 aliphatic rings. The first-order chi connectivity index (χ1) is 29.0. The van der Waals surface area contributed by atoms with Gasteiger partial charge in [-0.15, -0.1) is 0 Å². The molecule has 0 aliphatic heterocycles. The van der Waals surface area contributed by atoms with Crippen LogP contribution in [-0.4, -0.2) is 0 Å². The summed E-state index contributed by atoms with van der Waals surface area (Å²) >= 11 is 0. The predicted molar refractivity (Wildman–Crippen MR) is 247 cm³/mol. The third kappa shape index (κ3) is 6.89. The largest absolute Gasteiger partial charge is 0.457 e. The molecule has 0 fully saturated rings. The van der Waals surface area contributed by atoms with E-state index in [1.165, 1.54) is 55.6 Å². The molecule has 0 heterocycles. The first kappa shape index (κ1) is 36.0. The van der Waals surface area contributed by atoms with Gasteiger partial charge in [0.15, 0.2) is 0 Å². The van der Waals surface area contributed by atoms with Gasteiger partial charge in [0.05, 0.1) is 0 Å². The fourth-order valence-electron chi connectivity index (χ4n) is 8.66. The van der Waals surface area contributed by atoms with Gasteiger partial charge in [-0.05, 0) is 128 Å². The van der Waals surface area contributed by atoms with Gasteiger partial charge >= 0.3 is 0 Å². The minimum atomic E-state index is -0.239. The number of para-hydroxylation sites is 2. The van der Waals surface area contributed by atoms with Crippen molar-refractivity contribution >= 4 is 17.1 Å². The van der Waals surface area contributed by atoms with Crippen molar-refractivity contribution in [3.05, 3.63) is 236 Å². The summed E-state index contributed by atoms with van der Waals surface area (Å²) in [5, 5.41) is 0. The SMILES string of the molecule is CC1(C)c2cc(-c3ccccc3Oc3ccccc3)ccc2-c2ccc(N(c3ccc(-c4cccc(-c5ccccc5)c4)cc3)c3cccc(-c4ccccc4)c3)cc21. The maximum absolute atomic E-state index is 6.41. The molecule has 0 spiro atoms. The van der Waals surface area contributed by atoms with Gasteiger partial charge in [-0.2, -0.15) is 0 Å². The lowest BCUT2D eigenvalue weighted by atomic mass is 9.81. The number of hydrogen-bond acceptors (Lipinski definition) is 2. The standard InChI is InChI=1S/C57H43NO/c1-57(2)54-38-46(51-26-12-13-27-56(51)59-50-24-10-5-11-25-50)30-34-52(54)53-35-33-49(39-55(53)57)58(48-23-15-22-45(37-48)41-18-8-4-9-19-41)47-31-28-42(29-32-47)44-21-14-20-43(36-44)40-16-6-3-7-17-40/h3-39H,1-2H3. The molecule has 0 N–H and O–H groups in total. The molecule has 282 valence electrons. The van der Waals surface area contributed by atoms with Gasteiger partial charge in [-0.1, -0.05) is 172 Å². The highest BCUT2D eigenvalue weighted by molar-refractivity contribution is 5.89. The van der Waals surface area contributed by atoms with Crippen molar-refractivity contribution in [2.24, 2.45) is 0 Å². The predicted octanol–water partition coefficient (Wildman–Crippen LogP) is 15.9. The van der Waals surface area contributed by atoms with Crippen LogP contribution in [-0.2, 0) is 5.41 Å². The number of rotatable bonds is 9. The van der Waals surface area contributed by atoms with E-state index < -0.39 is 0 Å². The van der Waals surface area contributed by atoms with Crippen LogP contribution >= 0.6 is 0 Å². The van der Waals surface area contributed by atoms with Crippen LogP contribution in [0.3, 0.4) is 0 Å². The van der Waals surface area contributed by atoms with Gasteiger partial charge in [0.1, 0.15) is 11.5 Å². The first-order valence-corrected chi connectivity index (χ1v) is 20.3. The average Bonchev–Trinajstić information content (AvgIpc) is 3.52. The minimum absolute atomic E-state index is 0.239. The zero-order chi connectivity index (χ0) is 39.8. The van der Waals surface area contributed by atoms with E-state index in [2.05, 4.69) is 207 Å². The molecular weight excluding hydrogens is 715 g/mol. The van der Waals surface area contributed by atoms with Gasteiger partial charge in [-0.3, -0.25) is 0 Å². The molecule has 0 aromatic heterocycles. The Morgan fingerprint density at radius 3 is 1.47 bits per heavy atom. The first-order valence-electron chi connectivity index (χ1n) is 20.3. The zero-order valence-electron chi connectivity index (χ0n) is 33.2. The Kier molecular flexibility index (Phi) is 9.24. The molecule has 0 bridgehead atoms. The smallest absolute Gasteiger partial charge is 0.135 e. The van der Waals surface area contributed by atoms with E-state index in [0.29, 0.717) is 0 Å². The average molecular weight is 758 g/mol. The Bertz CT molecular complexity index is 2910. The van der Waals surface area contributed by atoms with Gasteiger partial charge in [0.2, 0.25) is 0 Å². The molecule has 0 saturated heterocycles. The van der Waals surface area contributed by atoms with Crippen LogP contribution in [0.1, 0.15) is 25.0 Å². The molecular formula is C57H43NO. The number of nitrogens with zero attached hydrogens (tertiary/aromatic N) is 1. The summed E-state index contributed by atoms with van der Waals surface area (Å²) in [6, 6.07) is 80.2. The summed E-state index contributed by atoms with van der Waals surface area (Å²) in [4.78, 5) is 2.40. The normalized spacial score (nSPS) is 12.4. The molecule has 1 aliphatic carbocycles. The molecule has 0 amide bonds. The number of anilines is 3. The second-order valence-electron chi connectivity index (χ2n) is 15.8. The Balaban J connectivity index is 1.04. The maximum Gasteiger partial charge on any atom is 0.135 e. The highest BCUT2D eigenvalue weighted by atomic mass is 16.5. The Hall–Kier alpha value is -7.42.